The second-order valence-corrected chi connectivity index (χ2v) is 7.12. The zero-order chi connectivity index (χ0) is 14.9. The molecule has 0 aromatic carbocycles. The van der Waals surface area contributed by atoms with Gasteiger partial charge in [-0.15, -0.1) is 0 Å². The van der Waals surface area contributed by atoms with Crippen molar-refractivity contribution in [1.29, 1.82) is 0 Å². The van der Waals surface area contributed by atoms with E-state index in [1.54, 1.807) is 0 Å². The number of rotatable bonds is 10. The van der Waals surface area contributed by atoms with E-state index in [4.69, 9.17) is 9.47 Å². The van der Waals surface area contributed by atoms with Crippen LogP contribution in [-0.4, -0.2) is 86.5 Å². The van der Waals surface area contributed by atoms with Crippen LogP contribution in [0.1, 0.15) is 26.2 Å². The molecule has 0 aromatic heterocycles. The summed E-state index contributed by atoms with van der Waals surface area (Å²) < 4.78 is 11.7. The number of piperazine rings is 1. The van der Waals surface area contributed by atoms with Gasteiger partial charge >= 0.3 is 0 Å². The van der Waals surface area contributed by atoms with Crippen LogP contribution >= 0.6 is 11.8 Å². The van der Waals surface area contributed by atoms with E-state index < -0.39 is 0 Å². The third kappa shape index (κ3) is 6.45. The Morgan fingerprint density at radius 2 is 1.48 bits per heavy atom. The summed E-state index contributed by atoms with van der Waals surface area (Å²) in [6.45, 7) is 11.2. The van der Waals surface area contributed by atoms with E-state index >= 15 is 0 Å². The van der Waals surface area contributed by atoms with Crippen LogP contribution in [0.4, 0.5) is 0 Å². The van der Waals surface area contributed by atoms with Crippen molar-refractivity contribution in [2.75, 3.05) is 64.5 Å². The molecule has 1 heterocycles. The summed E-state index contributed by atoms with van der Waals surface area (Å²) in [6.07, 6.45) is 6.49. The largest absolute Gasteiger partial charge is 0.377 e. The summed E-state index contributed by atoms with van der Waals surface area (Å²) >= 11 is 1.85. The summed E-state index contributed by atoms with van der Waals surface area (Å²) in [7, 11) is 0. The average molecular weight is 317 g/mol. The van der Waals surface area contributed by atoms with Crippen molar-refractivity contribution in [2.45, 2.75) is 38.4 Å². The lowest BCUT2D eigenvalue weighted by Gasteiger charge is -2.37. The van der Waals surface area contributed by atoms with Crippen LogP contribution in [-0.2, 0) is 9.47 Å². The monoisotopic (exact) mass is 316 g/mol. The smallest absolute Gasteiger partial charge is 0.0625 e. The molecule has 124 valence electrons. The van der Waals surface area contributed by atoms with E-state index in [-0.39, 0.29) is 0 Å². The van der Waals surface area contributed by atoms with Gasteiger partial charge in [-0.05, 0) is 32.1 Å². The van der Waals surface area contributed by atoms with Crippen LogP contribution < -0.4 is 0 Å². The first-order valence-electron chi connectivity index (χ1n) is 8.48. The number of nitrogens with zero attached hydrogens (tertiary/aromatic N) is 2. The second-order valence-electron chi connectivity index (χ2n) is 6.13. The Morgan fingerprint density at radius 3 is 2.05 bits per heavy atom. The lowest BCUT2D eigenvalue weighted by atomic mass is 9.92. The van der Waals surface area contributed by atoms with Crippen molar-refractivity contribution in [3.63, 3.8) is 0 Å². The van der Waals surface area contributed by atoms with E-state index in [9.17, 15) is 0 Å². The van der Waals surface area contributed by atoms with E-state index in [0.29, 0.717) is 12.2 Å². The molecule has 1 aliphatic heterocycles. The van der Waals surface area contributed by atoms with Gasteiger partial charge in [0.1, 0.15) is 0 Å². The maximum Gasteiger partial charge on any atom is 0.0625 e. The molecular weight excluding hydrogens is 284 g/mol. The van der Waals surface area contributed by atoms with Gasteiger partial charge in [0.15, 0.2) is 0 Å². The highest BCUT2D eigenvalue weighted by atomic mass is 32.2. The van der Waals surface area contributed by atoms with Crippen molar-refractivity contribution in [1.82, 2.24) is 9.80 Å². The van der Waals surface area contributed by atoms with Gasteiger partial charge in [0.2, 0.25) is 0 Å². The fourth-order valence-corrected chi connectivity index (χ4v) is 3.25. The van der Waals surface area contributed by atoms with Crippen molar-refractivity contribution < 1.29 is 9.47 Å². The summed E-state index contributed by atoms with van der Waals surface area (Å²) in [5, 5.41) is 0. The standard InChI is InChI=1S/C16H32N2O2S/c1-3-4-17-5-7-18(8-6-17)9-10-19-15-13-16(14-15)20-11-12-21-2/h15-16H,3-14H2,1-2H3/t15-,16-. The molecule has 0 amide bonds. The number of thioether (sulfide) groups is 1. The van der Waals surface area contributed by atoms with Crippen LogP contribution in [0, 0.1) is 0 Å². The van der Waals surface area contributed by atoms with Crippen molar-refractivity contribution >= 4 is 11.8 Å². The Labute approximate surface area is 134 Å². The maximum absolute atomic E-state index is 5.95. The van der Waals surface area contributed by atoms with Gasteiger partial charge in [-0.1, -0.05) is 6.92 Å². The summed E-state index contributed by atoms with van der Waals surface area (Å²) in [4.78, 5) is 5.11. The fraction of sp³-hybridized carbons (Fsp3) is 1.00. The average Bonchev–Trinajstić information content (AvgIpc) is 2.46. The molecule has 0 unspecified atom stereocenters. The highest BCUT2D eigenvalue weighted by molar-refractivity contribution is 7.98. The molecule has 4 nitrogen and oxygen atoms in total. The highest BCUT2D eigenvalue weighted by Gasteiger charge is 2.30. The van der Waals surface area contributed by atoms with Gasteiger partial charge < -0.3 is 14.4 Å². The molecule has 0 N–H and O–H groups in total. The van der Waals surface area contributed by atoms with Gasteiger partial charge in [-0.3, -0.25) is 4.90 Å². The summed E-state index contributed by atoms with van der Waals surface area (Å²) in [5.41, 5.74) is 0. The van der Waals surface area contributed by atoms with Crippen LogP contribution in [0.2, 0.25) is 0 Å². The Bertz CT molecular complexity index is 267. The minimum absolute atomic E-state index is 0.450. The topological polar surface area (TPSA) is 24.9 Å². The fourth-order valence-electron chi connectivity index (χ4n) is 2.99. The normalized spacial score (nSPS) is 27.7. The first kappa shape index (κ1) is 17.5. The predicted octanol–water partition coefficient (Wildman–Crippen LogP) is 1.94. The Hall–Kier alpha value is 0.190. The lowest BCUT2D eigenvalue weighted by molar-refractivity contribution is -0.101. The molecule has 2 aliphatic rings. The number of hydrogen-bond acceptors (Lipinski definition) is 5. The SMILES string of the molecule is CCCN1CCN(CCO[C@H]2C[C@H](OCCSC)C2)CC1. The molecule has 0 aromatic rings. The molecule has 0 bridgehead atoms. The molecule has 1 saturated carbocycles. The van der Waals surface area contributed by atoms with Gasteiger partial charge in [-0.25, -0.2) is 0 Å². The molecule has 0 spiro atoms. The van der Waals surface area contributed by atoms with Crippen molar-refractivity contribution in [3.8, 4) is 0 Å². The van der Waals surface area contributed by atoms with Crippen LogP contribution in [0.3, 0.4) is 0 Å². The van der Waals surface area contributed by atoms with Crippen LogP contribution in [0.25, 0.3) is 0 Å². The highest BCUT2D eigenvalue weighted by Crippen LogP contribution is 2.26. The van der Waals surface area contributed by atoms with Gasteiger partial charge in [0.05, 0.1) is 25.4 Å². The summed E-state index contributed by atoms with van der Waals surface area (Å²) in [5.74, 6) is 1.10. The maximum atomic E-state index is 5.95. The number of hydrogen-bond donors (Lipinski definition) is 0. The molecular formula is C16H32N2O2S. The molecule has 2 rings (SSSR count). The predicted molar refractivity (Wildman–Crippen MR) is 90.3 cm³/mol. The molecule has 5 heteroatoms. The molecule has 1 saturated heterocycles. The molecule has 0 atom stereocenters. The first-order chi connectivity index (χ1) is 10.3. The van der Waals surface area contributed by atoms with Gasteiger partial charge in [0, 0.05) is 38.5 Å². The van der Waals surface area contributed by atoms with Crippen molar-refractivity contribution in [2.24, 2.45) is 0 Å². The van der Waals surface area contributed by atoms with E-state index in [1.807, 2.05) is 11.8 Å². The van der Waals surface area contributed by atoms with E-state index in [2.05, 4.69) is 23.0 Å². The zero-order valence-corrected chi connectivity index (χ0v) is 14.6. The minimum Gasteiger partial charge on any atom is -0.377 e. The van der Waals surface area contributed by atoms with Crippen molar-refractivity contribution in [3.05, 3.63) is 0 Å². The van der Waals surface area contributed by atoms with Crippen LogP contribution in [0.5, 0.6) is 0 Å². The Morgan fingerprint density at radius 1 is 0.905 bits per heavy atom. The molecule has 21 heavy (non-hydrogen) atoms. The number of ether oxygens (including phenoxy) is 2. The van der Waals surface area contributed by atoms with Crippen LogP contribution in [0.15, 0.2) is 0 Å². The zero-order valence-electron chi connectivity index (χ0n) is 13.8. The Balaban J connectivity index is 1.43. The minimum atomic E-state index is 0.450. The second kappa shape index (κ2) is 10.1. The Kier molecular flexibility index (Phi) is 8.40. The summed E-state index contributed by atoms with van der Waals surface area (Å²) in [6, 6.07) is 0. The first-order valence-corrected chi connectivity index (χ1v) is 9.88. The van der Waals surface area contributed by atoms with E-state index in [1.165, 1.54) is 39.1 Å². The van der Waals surface area contributed by atoms with E-state index in [0.717, 1.165) is 38.4 Å². The third-order valence-corrected chi connectivity index (χ3v) is 5.03. The molecule has 0 radical (unpaired) electrons. The van der Waals surface area contributed by atoms with Gasteiger partial charge in [0.25, 0.3) is 0 Å². The molecule has 1 aliphatic carbocycles. The van der Waals surface area contributed by atoms with Gasteiger partial charge in [-0.2, -0.15) is 11.8 Å². The molecule has 2 fully saturated rings. The quantitative estimate of drug-likeness (QED) is 0.574. The lowest BCUT2D eigenvalue weighted by Crippen LogP contribution is -2.48. The third-order valence-electron chi connectivity index (χ3n) is 4.46.